The Morgan fingerprint density at radius 1 is 0.639 bits per heavy atom. The Bertz CT molecular complexity index is 1190. The summed E-state index contributed by atoms with van der Waals surface area (Å²) < 4.78 is 21.8. The number of ether oxygens (including phenoxy) is 4. The summed E-state index contributed by atoms with van der Waals surface area (Å²) in [5.74, 6) is 11.0. The smallest absolute Gasteiger partial charge is 0.308 e. The summed E-state index contributed by atoms with van der Waals surface area (Å²) in [6.07, 6.45) is 0. The molecule has 0 unspecified atom stereocenters. The van der Waals surface area contributed by atoms with Gasteiger partial charge in [0.25, 0.3) is 0 Å². The zero-order valence-electron chi connectivity index (χ0n) is 20.2. The van der Waals surface area contributed by atoms with Gasteiger partial charge < -0.3 is 18.9 Å². The first kappa shape index (κ1) is 26.2. The highest BCUT2D eigenvalue weighted by molar-refractivity contribution is 5.74. The fourth-order valence-electron chi connectivity index (χ4n) is 3.09. The number of benzene rings is 3. The topological polar surface area (TPSA) is 71.1 Å². The average Bonchev–Trinajstić information content (AvgIpc) is 2.86. The normalized spacial score (nSPS) is 9.83. The van der Waals surface area contributed by atoms with Crippen molar-refractivity contribution >= 4 is 11.9 Å². The summed E-state index contributed by atoms with van der Waals surface area (Å²) in [6, 6.07) is 22.6. The number of rotatable bonds is 8. The summed E-state index contributed by atoms with van der Waals surface area (Å²) in [5.41, 5.74) is 2.91. The molecule has 0 saturated carbocycles. The van der Waals surface area contributed by atoms with Crippen LogP contribution >= 0.6 is 0 Å². The summed E-state index contributed by atoms with van der Waals surface area (Å²) in [7, 11) is 0. The van der Waals surface area contributed by atoms with E-state index in [1.165, 1.54) is 19.9 Å². The number of carbonyl (C=O) groups excluding carboxylic acids is 2. The van der Waals surface area contributed by atoms with Gasteiger partial charge in [-0.05, 0) is 17.2 Å². The average molecular weight is 483 g/mol. The van der Waals surface area contributed by atoms with Crippen molar-refractivity contribution in [3.63, 3.8) is 0 Å². The minimum Gasteiger partial charge on any atom is -0.425 e. The van der Waals surface area contributed by atoms with Crippen molar-refractivity contribution in [1.82, 2.24) is 0 Å². The predicted molar refractivity (Wildman–Crippen MR) is 135 cm³/mol. The van der Waals surface area contributed by atoms with Crippen molar-refractivity contribution in [2.75, 3.05) is 13.2 Å². The molecule has 3 rings (SSSR count). The molecule has 3 aromatic rings. The highest BCUT2D eigenvalue weighted by atomic mass is 16.5. The summed E-state index contributed by atoms with van der Waals surface area (Å²) in [5, 5.41) is 0. The van der Waals surface area contributed by atoms with Crippen LogP contribution in [0.3, 0.4) is 0 Å². The molecule has 0 N–H and O–H groups in total. The molecule has 0 aliphatic carbocycles. The van der Waals surface area contributed by atoms with Gasteiger partial charge in [0.15, 0.2) is 0 Å². The lowest BCUT2D eigenvalue weighted by atomic mass is 10.1. The van der Waals surface area contributed by atoms with Crippen LogP contribution in [0.4, 0.5) is 0 Å². The highest BCUT2D eigenvalue weighted by Crippen LogP contribution is 2.29. The maximum absolute atomic E-state index is 11.6. The maximum atomic E-state index is 11.6. The van der Waals surface area contributed by atoms with Crippen LogP contribution < -0.4 is 9.47 Å². The number of hydrogen-bond donors (Lipinski definition) is 0. The van der Waals surface area contributed by atoms with Crippen LogP contribution in [0.15, 0.2) is 72.8 Å². The van der Waals surface area contributed by atoms with Gasteiger partial charge in [-0.1, -0.05) is 84.3 Å². The molecule has 0 aromatic heterocycles. The van der Waals surface area contributed by atoms with E-state index in [0.29, 0.717) is 24.3 Å². The van der Waals surface area contributed by atoms with Crippen molar-refractivity contribution in [3.8, 4) is 35.2 Å². The second-order valence-corrected chi connectivity index (χ2v) is 7.59. The lowest BCUT2D eigenvalue weighted by molar-refractivity contribution is -0.132. The van der Waals surface area contributed by atoms with Crippen LogP contribution in [-0.2, 0) is 32.3 Å². The number of hydrogen-bond acceptors (Lipinski definition) is 6. The Morgan fingerprint density at radius 2 is 1.06 bits per heavy atom. The molecule has 0 amide bonds. The first-order valence-electron chi connectivity index (χ1n) is 11.3. The fraction of sp³-hybridized carbons (Fsp3) is 0.200. The lowest BCUT2D eigenvalue weighted by Gasteiger charge is -2.10. The van der Waals surface area contributed by atoms with E-state index < -0.39 is 11.9 Å². The standard InChI is InChI=1S/C30H26O6/c1-23(31)35-29-20-30(36-24(2)32)28(16-10-18-34-22-26-13-7-4-8-14-26)19-27(29)15-9-17-33-21-25-11-5-3-6-12-25/h3-8,11-14,19-20H,17-18,21-22H2,1-2H3. The van der Waals surface area contributed by atoms with E-state index >= 15 is 0 Å². The molecular formula is C30H26O6. The largest absolute Gasteiger partial charge is 0.425 e. The SMILES string of the molecule is CC(=O)Oc1cc(OC(C)=O)c(C#CCOCc2ccccc2)cc1C#CCOCc1ccccc1. The van der Waals surface area contributed by atoms with E-state index in [0.717, 1.165) is 11.1 Å². The first-order chi connectivity index (χ1) is 17.5. The summed E-state index contributed by atoms with van der Waals surface area (Å²) >= 11 is 0. The third kappa shape index (κ3) is 9.12. The molecule has 3 aromatic carbocycles. The van der Waals surface area contributed by atoms with Gasteiger partial charge in [0, 0.05) is 19.9 Å². The van der Waals surface area contributed by atoms with Crippen LogP contribution in [0.2, 0.25) is 0 Å². The van der Waals surface area contributed by atoms with Crippen molar-refractivity contribution in [2.24, 2.45) is 0 Å². The van der Waals surface area contributed by atoms with Crippen molar-refractivity contribution in [1.29, 1.82) is 0 Å². The van der Waals surface area contributed by atoms with E-state index in [-0.39, 0.29) is 24.7 Å². The molecule has 6 nitrogen and oxygen atoms in total. The Labute approximate surface area is 211 Å². The Morgan fingerprint density at radius 3 is 1.44 bits per heavy atom. The van der Waals surface area contributed by atoms with E-state index in [9.17, 15) is 9.59 Å². The summed E-state index contributed by atoms with van der Waals surface area (Å²) in [6.45, 7) is 3.77. The van der Waals surface area contributed by atoms with Crippen LogP contribution in [0.5, 0.6) is 11.5 Å². The van der Waals surface area contributed by atoms with Gasteiger partial charge in [-0.2, -0.15) is 0 Å². The quantitative estimate of drug-likeness (QED) is 0.201. The minimum atomic E-state index is -0.528. The molecule has 0 bridgehead atoms. The van der Waals surface area contributed by atoms with Crippen LogP contribution in [0.1, 0.15) is 36.1 Å². The van der Waals surface area contributed by atoms with Gasteiger partial charge >= 0.3 is 11.9 Å². The zero-order valence-corrected chi connectivity index (χ0v) is 20.2. The Balaban J connectivity index is 1.76. The van der Waals surface area contributed by atoms with E-state index in [4.69, 9.17) is 18.9 Å². The molecule has 0 atom stereocenters. The molecule has 36 heavy (non-hydrogen) atoms. The molecule has 0 aliphatic heterocycles. The van der Waals surface area contributed by atoms with Gasteiger partial charge in [-0.15, -0.1) is 0 Å². The van der Waals surface area contributed by atoms with Crippen LogP contribution in [0.25, 0.3) is 0 Å². The summed E-state index contributed by atoms with van der Waals surface area (Å²) in [4.78, 5) is 23.3. The number of carbonyl (C=O) groups is 2. The molecule has 0 spiro atoms. The Kier molecular flexibility index (Phi) is 10.3. The second kappa shape index (κ2) is 14.1. The monoisotopic (exact) mass is 482 g/mol. The third-order valence-corrected chi connectivity index (χ3v) is 4.61. The first-order valence-corrected chi connectivity index (χ1v) is 11.3. The van der Waals surface area contributed by atoms with Crippen LogP contribution in [-0.4, -0.2) is 25.2 Å². The molecule has 0 saturated heterocycles. The van der Waals surface area contributed by atoms with Gasteiger partial charge in [0.2, 0.25) is 0 Å². The number of esters is 2. The molecule has 0 fully saturated rings. The molecule has 6 heteroatoms. The molecule has 0 heterocycles. The van der Waals surface area contributed by atoms with E-state index in [1.54, 1.807) is 6.07 Å². The van der Waals surface area contributed by atoms with Gasteiger partial charge in [-0.3, -0.25) is 9.59 Å². The van der Waals surface area contributed by atoms with E-state index in [1.807, 2.05) is 60.7 Å². The van der Waals surface area contributed by atoms with Gasteiger partial charge in [0.1, 0.15) is 24.7 Å². The second-order valence-electron chi connectivity index (χ2n) is 7.59. The molecule has 182 valence electrons. The lowest BCUT2D eigenvalue weighted by Crippen LogP contribution is -2.07. The zero-order chi connectivity index (χ0) is 25.6. The van der Waals surface area contributed by atoms with Crippen LogP contribution in [0, 0.1) is 23.7 Å². The van der Waals surface area contributed by atoms with Crippen molar-refractivity contribution < 1.29 is 28.5 Å². The molecule has 0 radical (unpaired) electrons. The van der Waals surface area contributed by atoms with Gasteiger partial charge in [0.05, 0.1) is 24.3 Å². The third-order valence-electron chi connectivity index (χ3n) is 4.61. The Hall–Kier alpha value is -4.36. The van der Waals surface area contributed by atoms with Crippen molar-refractivity contribution in [2.45, 2.75) is 27.1 Å². The minimum absolute atomic E-state index is 0.167. The predicted octanol–water partition coefficient (Wildman–Crippen LogP) is 4.67. The highest BCUT2D eigenvalue weighted by Gasteiger charge is 2.13. The van der Waals surface area contributed by atoms with Gasteiger partial charge in [-0.25, -0.2) is 0 Å². The maximum Gasteiger partial charge on any atom is 0.308 e. The molecule has 0 aliphatic rings. The molecular weight excluding hydrogens is 456 g/mol. The fourth-order valence-corrected chi connectivity index (χ4v) is 3.09. The van der Waals surface area contributed by atoms with E-state index in [2.05, 4.69) is 23.7 Å². The van der Waals surface area contributed by atoms with Crippen molar-refractivity contribution in [3.05, 3.63) is 95.1 Å².